The van der Waals surface area contributed by atoms with E-state index in [9.17, 15) is 9.18 Å². The van der Waals surface area contributed by atoms with E-state index in [1.54, 1.807) is 12.1 Å². The van der Waals surface area contributed by atoms with E-state index in [-0.39, 0.29) is 11.4 Å². The summed E-state index contributed by atoms with van der Waals surface area (Å²) in [6, 6.07) is 5.99. The van der Waals surface area contributed by atoms with Crippen LogP contribution in [0.3, 0.4) is 0 Å². The lowest BCUT2D eigenvalue weighted by atomic mass is 10.2. The predicted molar refractivity (Wildman–Crippen MR) is 52.2 cm³/mol. The van der Waals surface area contributed by atoms with Crippen LogP contribution >= 0.6 is 15.9 Å². The second kappa shape index (κ2) is 2.96. The van der Waals surface area contributed by atoms with Crippen LogP contribution in [0.15, 0.2) is 33.5 Å². The first-order valence-electron chi connectivity index (χ1n) is 3.65. The summed E-state index contributed by atoms with van der Waals surface area (Å²) >= 11 is 3.07. The van der Waals surface area contributed by atoms with E-state index in [0.29, 0.717) is 15.4 Å². The molecule has 0 amide bonds. The first-order valence-corrected chi connectivity index (χ1v) is 4.45. The Morgan fingerprint density at radius 1 is 1.23 bits per heavy atom. The Hall–Kier alpha value is -1.16. The first kappa shape index (κ1) is 8.44. The molecule has 0 saturated carbocycles. The molecule has 0 aliphatic carbocycles. The smallest absolute Gasteiger partial charge is 0.248 e. The van der Waals surface area contributed by atoms with Gasteiger partial charge in [0.05, 0.1) is 9.99 Å². The molecular formula is C9H5BrFNO. The molecular weight excluding hydrogens is 237 g/mol. The zero-order chi connectivity index (χ0) is 9.42. The molecule has 1 heterocycles. The number of benzene rings is 1. The number of H-pyrrole nitrogens is 1. The van der Waals surface area contributed by atoms with Crippen molar-refractivity contribution in [2.75, 3.05) is 0 Å². The van der Waals surface area contributed by atoms with Crippen molar-refractivity contribution in [3.8, 4) is 0 Å². The maximum atomic E-state index is 13.4. The number of fused-ring (bicyclic) bond motifs is 1. The van der Waals surface area contributed by atoms with Crippen molar-refractivity contribution in [2.24, 2.45) is 0 Å². The third-order valence-corrected chi connectivity index (χ3v) is 2.40. The predicted octanol–water partition coefficient (Wildman–Crippen LogP) is 2.43. The lowest BCUT2D eigenvalue weighted by Crippen LogP contribution is -2.02. The van der Waals surface area contributed by atoms with Crippen LogP contribution in [-0.2, 0) is 0 Å². The van der Waals surface area contributed by atoms with Crippen molar-refractivity contribution in [1.29, 1.82) is 0 Å². The SMILES string of the molecule is O=c1ccc2c(F)c(Br)ccc2[nH]1. The molecule has 2 aromatic rings. The average molecular weight is 242 g/mol. The van der Waals surface area contributed by atoms with Crippen LogP contribution in [0.4, 0.5) is 4.39 Å². The average Bonchev–Trinajstić information content (AvgIpc) is 2.12. The number of nitrogens with one attached hydrogen (secondary N) is 1. The molecule has 0 radical (unpaired) electrons. The highest BCUT2D eigenvalue weighted by Gasteiger charge is 2.04. The van der Waals surface area contributed by atoms with Crippen LogP contribution in [0.2, 0.25) is 0 Å². The van der Waals surface area contributed by atoms with E-state index in [0.717, 1.165) is 0 Å². The number of aromatic amines is 1. The number of rotatable bonds is 0. The van der Waals surface area contributed by atoms with Crippen molar-refractivity contribution < 1.29 is 4.39 Å². The molecule has 0 bridgehead atoms. The van der Waals surface area contributed by atoms with Gasteiger partial charge in [-0.15, -0.1) is 0 Å². The number of hydrogen-bond acceptors (Lipinski definition) is 1. The lowest BCUT2D eigenvalue weighted by Gasteiger charge is -1.99. The van der Waals surface area contributed by atoms with Crippen LogP contribution in [0.1, 0.15) is 0 Å². The number of hydrogen-bond donors (Lipinski definition) is 1. The van der Waals surface area contributed by atoms with E-state index in [4.69, 9.17) is 0 Å². The van der Waals surface area contributed by atoms with Gasteiger partial charge in [-0.05, 0) is 34.1 Å². The van der Waals surface area contributed by atoms with Crippen molar-refractivity contribution in [1.82, 2.24) is 4.98 Å². The fraction of sp³-hybridized carbons (Fsp3) is 0. The third kappa shape index (κ3) is 1.37. The van der Waals surface area contributed by atoms with Gasteiger partial charge >= 0.3 is 0 Å². The summed E-state index contributed by atoms with van der Waals surface area (Å²) < 4.78 is 13.8. The Balaban J connectivity index is 2.95. The van der Waals surface area contributed by atoms with Crippen molar-refractivity contribution >= 4 is 26.8 Å². The standard InChI is InChI=1S/C9H5BrFNO/c10-6-2-3-7-5(9(6)11)1-4-8(13)12-7/h1-4H,(H,12,13). The maximum absolute atomic E-state index is 13.4. The van der Waals surface area contributed by atoms with E-state index >= 15 is 0 Å². The largest absolute Gasteiger partial charge is 0.322 e. The molecule has 0 aliphatic rings. The molecule has 13 heavy (non-hydrogen) atoms. The topological polar surface area (TPSA) is 32.9 Å². The van der Waals surface area contributed by atoms with Gasteiger partial charge in [-0.25, -0.2) is 4.39 Å². The molecule has 0 atom stereocenters. The van der Waals surface area contributed by atoms with E-state index in [1.807, 2.05) is 0 Å². The Bertz CT molecular complexity index is 520. The fourth-order valence-corrected chi connectivity index (χ4v) is 1.52. The fourth-order valence-electron chi connectivity index (χ4n) is 1.17. The van der Waals surface area contributed by atoms with Gasteiger partial charge in [0, 0.05) is 11.5 Å². The number of halogens is 2. The zero-order valence-corrected chi connectivity index (χ0v) is 8.06. The molecule has 2 nitrogen and oxygen atoms in total. The van der Waals surface area contributed by atoms with Crippen LogP contribution < -0.4 is 5.56 Å². The molecule has 1 aromatic heterocycles. The van der Waals surface area contributed by atoms with Crippen LogP contribution in [0, 0.1) is 5.82 Å². The molecule has 1 aromatic carbocycles. The van der Waals surface area contributed by atoms with Gasteiger partial charge in [0.1, 0.15) is 5.82 Å². The van der Waals surface area contributed by atoms with Crippen molar-refractivity contribution in [3.05, 3.63) is 44.9 Å². The van der Waals surface area contributed by atoms with Gasteiger partial charge < -0.3 is 4.98 Å². The molecule has 0 fully saturated rings. The summed E-state index contributed by atoms with van der Waals surface area (Å²) in [6.07, 6.45) is 0. The van der Waals surface area contributed by atoms with Gasteiger partial charge in [0.15, 0.2) is 0 Å². The first-order chi connectivity index (χ1) is 6.18. The minimum absolute atomic E-state index is 0.228. The number of aromatic nitrogens is 1. The second-order valence-corrected chi connectivity index (χ2v) is 3.50. The molecule has 0 aliphatic heterocycles. The summed E-state index contributed by atoms with van der Waals surface area (Å²) in [5.74, 6) is -0.353. The number of pyridine rings is 1. The van der Waals surface area contributed by atoms with Gasteiger partial charge in [-0.1, -0.05) is 0 Å². The van der Waals surface area contributed by atoms with E-state index in [1.165, 1.54) is 12.1 Å². The molecule has 2 rings (SSSR count). The highest BCUT2D eigenvalue weighted by molar-refractivity contribution is 9.10. The normalized spacial score (nSPS) is 10.6. The Morgan fingerprint density at radius 3 is 2.77 bits per heavy atom. The zero-order valence-electron chi connectivity index (χ0n) is 6.47. The molecule has 0 unspecified atom stereocenters. The lowest BCUT2D eigenvalue weighted by molar-refractivity contribution is 0.633. The molecule has 0 spiro atoms. The van der Waals surface area contributed by atoms with E-state index < -0.39 is 0 Å². The minimum atomic E-state index is -0.353. The Morgan fingerprint density at radius 2 is 2.00 bits per heavy atom. The molecule has 0 saturated heterocycles. The summed E-state index contributed by atoms with van der Waals surface area (Å²) in [5, 5.41) is 0.411. The van der Waals surface area contributed by atoms with Crippen LogP contribution in [0.5, 0.6) is 0 Å². The Labute approximate surface area is 81.5 Å². The van der Waals surface area contributed by atoms with Crippen LogP contribution in [-0.4, -0.2) is 4.98 Å². The molecule has 1 N–H and O–H groups in total. The Kier molecular flexibility index (Phi) is 1.92. The third-order valence-electron chi connectivity index (χ3n) is 1.79. The highest BCUT2D eigenvalue weighted by Crippen LogP contribution is 2.22. The summed E-state index contributed by atoms with van der Waals surface area (Å²) in [5.41, 5.74) is 0.280. The van der Waals surface area contributed by atoms with Gasteiger partial charge in [0.2, 0.25) is 5.56 Å². The van der Waals surface area contributed by atoms with Gasteiger partial charge in [-0.3, -0.25) is 4.79 Å². The van der Waals surface area contributed by atoms with Gasteiger partial charge in [0.25, 0.3) is 0 Å². The van der Waals surface area contributed by atoms with Gasteiger partial charge in [-0.2, -0.15) is 0 Å². The second-order valence-electron chi connectivity index (χ2n) is 2.65. The molecule has 66 valence electrons. The van der Waals surface area contributed by atoms with Crippen molar-refractivity contribution in [3.63, 3.8) is 0 Å². The monoisotopic (exact) mass is 241 g/mol. The quantitative estimate of drug-likeness (QED) is 0.756. The minimum Gasteiger partial charge on any atom is -0.322 e. The summed E-state index contributed by atoms with van der Waals surface area (Å²) in [7, 11) is 0. The maximum Gasteiger partial charge on any atom is 0.248 e. The van der Waals surface area contributed by atoms with E-state index in [2.05, 4.69) is 20.9 Å². The summed E-state index contributed by atoms with van der Waals surface area (Å²) in [6.45, 7) is 0. The summed E-state index contributed by atoms with van der Waals surface area (Å²) in [4.78, 5) is 13.4. The van der Waals surface area contributed by atoms with Crippen LogP contribution in [0.25, 0.3) is 10.9 Å². The highest BCUT2D eigenvalue weighted by atomic mass is 79.9. The molecule has 4 heteroatoms. The van der Waals surface area contributed by atoms with Crippen molar-refractivity contribution in [2.45, 2.75) is 0 Å².